The van der Waals surface area contributed by atoms with E-state index in [-0.39, 0.29) is 16.7 Å². The van der Waals surface area contributed by atoms with Crippen LogP contribution in [0.5, 0.6) is 0 Å². The molecule has 6 heteroatoms. The third kappa shape index (κ3) is 3.43. The average Bonchev–Trinajstić information content (AvgIpc) is 2.91. The predicted molar refractivity (Wildman–Crippen MR) is 110 cm³/mol. The predicted octanol–water partition coefficient (Wildman–Crippen LogP) is 4.15. The normalized spacial score (nSPS) is 15.0. The van der Waals surface area contributed by atoms with Crippen LogP contribution in [0.25, 0.3) is 0 Å². The molecule has 2 amide bonds. The van der Waals surface area contributed by atoms with Crippen molar-refractivity contribution in [1.29, 1.82) is 0 Å². The maximum absolute atomic E-state index is 13.3. The number of esters is 1. The molecule has 0 spiro atoms. The first-order chi connectivity index (χ1) is 13.4. The topological polar surface area (TPSA) is 63.7 Å². The van der Waals surface area contributed by atoms with Crippen LogP contribution in [-0.2, 0) is 19.1 Å². The molecule has 3 rings (SSSR count). The van der Waals surface area contributed by atoms with Crippen molar-refractivity contribution < 1.29 is 19.1 Å². The van der Waals surface area contributed by atoms with Crippen molar-refractivity contribution in [2.75, 3.05) is 12.0 Å². The molecule has 28 heavy (non-hydrogen) atoms. The maximum Gasteiger partial charge on any atom is 0.334 e. The Kier molecular flexibility index (Phi) is 5.61. The lowest BCUT2D eigenvalue weighted by molar-refractivity contribution is -0.136. The fourth-order valence-corrected chi connectivity index (χ4v) is 3.67. The minimum atomic E-state index is -0.776. The Morgan fingerprint density at radius 2 is 1.75 bits per heavy atom. The molecule has 1 aliphatic rings. The number of hydrogen-bond acceptors (Lipinski definition) is 4. The third-order valence-corrected chi connectivity index (χ3v) is 5.14. The molecule has 1 heterocycles. The lowest BCUT2D eigenvalue weighted by atomic mass is 9.83. The average molecular weight is 440 g/mol. The van der Waals surface area contributed by atoms with Gasteiger partial charge in [-0.2, -0.15) is 0 Å². The third-order valence-electron chi connectivity index (χ3n) is 4.65. The van der Waals surface area contributed by atoms with Gasteiger partial charge in [0.25, 0.3) is 11.8 Å². The van der Waals surface area contributed by atoms with Gasteiger partial charge in [0, 0.05) is 27.1 Å². The molecule has 0 radical (unpaired) electrons. The Balaban J connectivity index is 2.12. The summed E-state index contributed by atoms with van der Waals surface area (Å²) in [7, 11) is 1.26. The van der Waals surface area contributed by atoms with Gasteiger partial charge < -0.3 is 4.74 Å². The lowest BCUT2D eigenvalue weighted by Crippen LogP contribution is -2.32. The molecular formula is C22H18BrNO4. The number of nitrogens with zero attached hydrogens (tertiary/aromatic N) is 1. The van der Waals surface area contributed by atoms with E-state index in [1.807, 2.05) is 12.1 Å². The summed E-state index contributed by atoms with van der Waals surface area (Å²) in [5.41, 5.74) is 1.74. The summed E-state index contributed by atoms with van der Waals surface area (Å²) in [5, 5.41) is 0. The SMILES string of the molecule is C=C(C(=O)OC)[C@H](C1=C(C)C(=O)N(c2cccc(Br)c2)C1=O)c1ccccc1. The highest BCUT2D eigenvalue weighted by molar-refractivity contribution is 9.10. The van der Waals surface area contributed by atoms with Gasteiger partial charge in [0.2, 0.25) is 0 Å². The van der Waals surface area contributed by atoms with E-state index in [2.05, 4.69) is 22.5 Å². The molecule has 5 nitrogen and oxygen atoms in total. The molecule has 2 aromatic carbocycles. The standard InChI is InChI=1S/C22H18BrNO4/c1-13-19(18(14(2)22(27)28-3)15-8-5-4-6-9-15)21(26)24(20(13)25)17-11-7-10-16(23)12-17/h4-12,18H,2H2,1,3H3/t18-/m0/s1. The Labute approximate surface area is 171 Å². The number of carbonyl (C=O) groups is 3. The zero-order valence-electron chi connectivity index (χ0n) is 15.4. The maximum atomic E-state index is 13.3. The quantitative estimate of drug-likeness (QED) is 0.398. The molecule has 1 atom stereocenters. The number of amides is 2. The Hall–Kier alpha value is -2.99. The van der Waals surface area contributed by atoms with Gasteiger partial charge in [-0.3, -0.25) is 9.59 Å². The van der Waals surface area contributed by atoms with E-state index in [1.54, 1.807) is 49.4 Å². The first kappa shape index (κ1) is 19.8. The summed E-state index contributed by atoms with van der Waals surface area (Å²) in [6.45, 7) is 5.45. The van der Waals surface area contributed by atoms with Crippen molar-refractivity contribution in [3.8, 4) is 0 Å². The van der Waals surface area contributed by atoms with E-state index in [1.165, 1.54) is 7.11 Å². The fraction of sp³-hybridized carbons (Fsp3) is 0.136. The fourth-order valence-electron chi connectivity index (χ4n) is 3.28. The van der Waals surface area contributed by atoms with Gasteiger partial charge in [0.15, 0.2) is 0 Å². The Morgan fingerprint density at radius 1 is 1.07 bits per heavy atom. The number of carbonyl (C=O) groups excluding carboxylic acids is 3. The van der Waals surface area contributed by atoms with Gasteiger partial charge in [0.05, 0.1) is 12.8 Å². The number of ether oxygens (including phenoxy) is 1. The molecule has 2 aromatic rings. The Bertz CT molecular complexity index is 1010. The van der Waals surface area contributed by atoms with Crippen LogP contribution in [0.15, 0.2) is 82.4 Å². The van der Waals surface area contributed by atoms with Crippen molar-refractivity contribution in [3.05, 3.63) is 87.9 Å². The zero-order valence-corrected chi connectivity index (χ0v) is 17.0. The first-order valence-electron chi connectivity index (χ1n) is 8.54. The van der Waals surface area contributed by atoms with Crippen molar-refractivity contribution in [3.63, 3.8) is 0 Å². The van der Waals surface area contributed by atoms with Crippen molar-refractivity contribution in [1.82, 2.24) is 0 Å². The second-order valence-electron chi connectivity index (χ2n) is 6.32. The van der Waals surface area contributed by atoms with Crippen molar-refractivity contribution in [2.45, 2.75) is 12.8 Å². The zero-order chi connectivity index (χ0) is 20.4. The second kappa shape index (κ2) is 7.94. The van der Waals surface area contributed by atoms with Crippen LogP contribution >= 0.6 is 15.9 Å². The van der Waals surface area contributed by atoms with Gasteiger partial charge >= 0.3 is 5.97 Å². The van der Waals surface area contributed by atoms with E-state index < -0.39 is 23.7 Å². The summed E-state index contributed by atoms with van der Waals surface area (Å²) in [5.74, 6) is -2.30. The van der Waals surface area contributed by atoms with E-state index in [0.717, 1.165) is 9.37 Å². The van der Waals surface area contributed by atoms with Crippen LogP contribution in [0.3, 0.4) is 0 Å². The second-order valence-corrected chi connectivity index (χ2v) is 7.24. The highest BCUT2D eigenvalue weighted by Gasteiger charge is 2.42. The van der Waals surface area contributed by atoms with Crippen LogP contribution < -0.4 is 4.90 Å². The first-order valence-corrected chi connectivity index (χ1v) is 9.33. The van der Waals surface area contributed by atoms with Crippen LogP contribution in [0, 0.1) is 0 Å². The van der Waals surface area contributed by atoms with Crippen LogP contribution in [0.4, 0.5) is 5.69 Å². The molecule has 0 fully saturated rings. The largest absolute Gasteiger partial charge is 0.466 e. The molecular weight excluding hydrogens is 422 g/mol. The number of anilines is 1. The van der Waals surface area contributed by atoms with Gasteiger partial charge in [-0.15, -0.1) is 0 Å². The Morgan fingerprint density at radius 3 is 2.36 bits per heavy atom. The van der Waals surface area contributed by atoms with Gasteiger partial charge in [-0.1, -0.05) is 58.9 Å². The molecule has 0 N–H and O–H groups in total. The van der Waals surface area contributed by atoms with Crippen molar-refractivity contribution in [2.24, 2.45) is 0 Å². The number of methoxy groups -OCH3 is 1. The van der Waals surface area contributed by atoms with Gasteiger partial charge in [-0.25, -0.2) is 9.69 Å². The molecule has 1 aliphatic heterocycles. The molecule has 142 valence electrons. The summed E-state index contributed by atoms with van der Waals surface area (Å²) in [6.07, 6.45) is 0. The summed E-state index contributed by atoms with van der Waals surface area (Å²) >= 11 is 3.36. The van der Waals surface area contributed by atoms with Crippen molar-refractivity contribution >= 4 is 39.4 Å². The molecule has 0 aromatic heterocycles. The van der Waals surface area contributed by atoms with E-state index >= 15 is 0 Å². The molecule has 0 unspecified atom stereocenters. The van der Waals surface area contributed by atoms with Gasteiger partial charge in [-0.05, 0) is 30.7 Å². The summed E-state index contributed by atoms with van der Waals surface area (Å²) in [6, 6.07) is 15.9. The highest BCUT2D eigenvalue weighted by atomic mass is 79.9. The number of hydrogen-bond donors (Lipinski definition) is 0. The van der Waals surface area contributed by atoms with Crippen LogP contribution in [0.1, 0.15) is 18.4 Å². The van der Waals surface area contributed by atoms with Gasteiger partial charge in [0.1, 0.15) is 0 Å². The summed E-state index contributed by atoms with van der Waals surface area (Å²) < 4.78 is 5.57. The van der Waals surface area contributed by atoms with Crippen LogP contribution in [0.2, 0.25) is 0 Å². The number of benzene rings is 2. The smallest absolute Gasteiger partial charge is 0.334 e. The lowest BCUT2D eigenvalue weighted by Gasteiger charge is -2.21. The molecule has 0 saturated carbocycles. The monoisotopic (exact) mass is 439 g/mol. The van der Waals surface area contributed by atoms with E-state index in [0.29, 0.717) is 11.3 Å². The molecule has 0 aliphatic carbocycles. The summed E-state index contributed by atoms with van der Waals surface area (Å²) in [4.78, 5) is 39.6. The highest BCUT2D eigenvalue weighted by Crippen LogP contribution is 2.40. The number of halogens is 1. The minimum Gasteiger partial charge on any atom is -0.466 e. The van der Waals surface area contributed by atoms with Crippen LogP contribution in [-0.4, -0.2) is 24.9 Å². The van der Waals surface area contributed by atoms with E-state index in [9.17, 15) is 14.4 Å². The molecule has 0 saturated heterocycles. The number of imide groups is 1. The minimum absolute atomic E-state index is 0.0975. The molecule has 0 bridgehead atoms. The van der Waals surface area contributed by atoms with E-state index in [4.69, 9.17) is 4.74 Å². The number of rotatable bonds is 5.